The molecule has 2 aromatic carbocycles. The first-order valence-electron chi connectivity index (χ1n) is 7.61. The molecule has 0 spiro atoms. The van der Waals surface area contributed by atoms with Gasteiger partial charge in [0.2, 0.25) is 5.82 Å². The number of nitrogens with one attached hydrogen (secondary N) is 2. The van der Waals surface area contributed by atoms with E-state index < -0.39 is 23.2 Å². The molecular weight excluding hydrogens is 493 g/mol. The lowest BCUT2D eigenvalue weighted by atomic mass is 10.3. The molecule has 0 unspecified atom stereocenters. The largest absolute Gasteiger partial charge is 0.465 e. The standard InChI is InChI=1S/C16H10BrCl2N5O5/c17-8-5-7(1-2-11(8)20)29-12-9(18)3-6(4-10(12)19)24-15(26)22-14(25)13(23-24)21-16(27)28/h1-5H,20H2,(H,21,23)(H,27,28)(H,22,25,26). The van der Waals surface area contributed by atoms with Gasteiger partial charge >= 0.3 is 11.8 Å². The summed E-state index contributed by atoms with van der Waals surface area (Å²) >= 11 is 15.8. The lowest BCUT2D eigenvalue weighted by molar-refractivity contribution is 0.209. The van der Waals surface area contributed by atoms with Crippen molar-refractivity contribution in [2.75, 3.05) is 11.1 Å². The van der Waals surface area contributed by atoms with E-state index in [1.165, 1.54) is 12.1 Å². The maximum absolute atomic E-state index is 12.1. The third kappa shape index (κ3) is 4.53. The highest BCUT2D eigenvalue weighted by Gasteiger charge is 2.16. The number of anilines is 2. The van der Waals surface area contributed by atoms with Crippen LogP contribution in [0.4, 0.5) is 16.3 Å². The Kier molecular flexibility index (Phi) is 5.82. The van der Waals surface area contributed by atoms with Crippen LogP contribution in [0.5, 0.6) is 11.5 Å². The summed E-state index contributed by atoms with van der Waals surface area (Å²) in [6.07, 6.45) is -1.53. The highest BCUT2D eigenvalue weighted by Crippen LogP contribution is 2.39. The van der Waals surface area contributed by atoms with Gasteiger partial charge in [0.15, 0.2) is 5.75 Å². The molecule has 1 aromatic heterocycles. The summed E-state index contributed by atoms with van der Waals surface area (Å²) in [5, 5.41) is 14.3. The normalized spacial score (nSPS) is 10.6. The number of hydrogen-bond acceptors (Lipinski definition) is 6. The van der Waals surface area contributed by atoms with Gasteiger partial charge in [-0.2, -0.15) is 4.68 Å². The molecule has 0 atom stereocenters. The number of halogens is 3. The zero-order chi connectivity index (χ0) is 21.3. The third-order valence-corrected chi connectivity index (χ3v) is 4.72. The number of benzene rings is 2. The Morgan fingerprint density at radius 1 is 1.24 bits per heavy atom. The Hall–Kier alpha value is -3.02. The Bertz CT molecular complexity index is 1220. The van der Waals surface area contributed by atoms with Gasteiger partial charge in [0, 0.05) is 10.2 Å². The maximum Gasteiger partial charge on any atom is 0.410 e. The first kappa shape index (κ1) is 20.7. The summed E-state index contributed by atoms with van der Waals surface area (Å²) in [5.41, 5.74) is 4.39. The number of nitrogen functional groups attached to an aromatic ring is 1. The summed E-state index contributed by atoms with van der Waals surface area (Å²) in [6, 6.07) is 7.47. The monoisotopic (exact) mass is 501 g/mol. The molecular formula is C16H10BrCl2N5O5. The Labute approximate surface area is 180 Å². The highest BCUT2D eigenvalue weighted by atomic mass is 79.9. The molecule has 0 aliphatic carbocycles. The molecule has 0 saturated carbocycles. The molecule has 0 saturated heterocycles. The quantitative estimate of drug-likeness (QED) is 0.398. The summed E-state index contributed by atoms with van der Waals surface area (Å²) < 4.78 is 7.03. The molecule has 5 N–H and O–H groups in total. The van der Waals surface area contributed by atoms with Crippen molar-refractivity contribution in [2.45, 2.75) is 0 Å². The number of nitrogens with two attached hydrogens (primary N) is 1. The van der Waals surface area contributed by atoms with Crippen LogP contribution in [0.15, 0.2) is 44.4 Å². The molecule has 0 radical (unpaired) electrons. The highest BCUT2D eigenvalue weighted by molar-refractivity contribution is 9.10. The maximum atomic E-state index is 12.1. The zero-order valence-electron chi connectivity index (χ0n) is 14.1. The predicted octanol–water partition coefficient (Wildman–Crippen LogP) is 3.45. The predicted molar refractivity (Wildman–Crippen MR) is 111 cm³/mol. The van der Waals surface area contributed by atoms with E-state index in [9.17, 15) is 14.4 Å². The van der Waals surface area contributed by atoms with Crippen molar-refractivity contribution in [3.63, 3.8) is 0 Å². The van der Waals surface area contributed by atoms with Crippen molar-refractivity contribution in [3.8, 4) is 17.2 Å². The molecule has 0 aliphatic heterocycles. The van der Waals surface area contributed by atoms with Gasteiger partial charge < -0.3 is 15.6 Å². The molecule has 1 heterocycles. The van der Waals surface area contributed by atoms with Crippen molar-refractivity contribution in [2.24, 2.45) is 0 Å². The van der Waals surface area contributed by atoms with Gasteiger partial charge in [-0.25, -0.2) is 9.59 Å². The first-order chi connectivity index (χ1) is 13.7. The van der Waals surface area contributed by atoms with Crippen LogP contribution in [-0.2, 0) is 0 Å². The van der Waals surface area contributed by atoms with E-state index in [1.807, 2.05) is 4.98 Å². The lowest BCUT2D eigenvalue weighted by Crippen LogP contribution is -2.34. The summed E-state index contributed by atoms with van der Waals surface area (Å²) in [4.78, 5) is 36.5. The minimum atomic E-state index is -1.53. The number of carboxylic acid groups (broad SMARTS) is 1. The van der Waals surface area contributed by atoms with Crippen molar-refractivity contribution in [3.05, 3.63) is 65.7 Å². The number of rotatable bonds is 4. The molecule has 3 aromatic rings. The molecule has 0 bridgehead atoms. The number of aromatic amines is 1. The summed E-state index contributed by atoms with van der Waals surface area (Å²) in [6.45, 7) is 0. The SMILES string of the molecule is Nc1ccc(Oc2c(Cl)cc(-n3nc(NC(=O)O)c(=O)[nH]c3=O)cc2Cl)cc1Br. The van der Waals surface area contributed by atoms with E-state index in [0.29, 0.717) is 15.9 Å². The fourth-order valence-electron chi connectivity index (χ4n) is 2.21. The van der Waals surface area contributed by atoms with Crippen LogP contribution in [0, 0.1) is 0 Å². The van der Waals surface area contributed by atoms with Crippen LogP contribution in [0.1, 0.15) is 0 Å². The van der Waals surface area contributed by atoms with Crippen LogP contribution >= 0.6 is 39.1 Å². The number of carbonyl (C=O) groups is 1. The second-order valence-corrected chi connectivity index (χ2v) is 7.14. The average Bonchev–Trinajstić information content (AvgIpc) is 2.63. The van der Waals surface area contributed by atoms with E-state index in [0.717, 1.165) is 4.68 Å². The first-order valence-corrected chi connectivity index (χ1v) is 9.16. The minimum Gasteiger partial charge on any atom is -0.465 e. The van der Waals surface area contributed by atoms with E-state index in [1.54, 1.807) is 23.5 Å². The lowest BCUT2D eigenvalue weighted by Gasteiger charge is -2.13. The second-order valence-electron chi connectivity index (χ2n) is 5.47. The van der Waals surface area contributed by atoms with Crippen LogP contribution in [-0.4, -0.2) is 26.0 Å². The minimum absolute atomic E-state index is 0.0353. The smallest absolute Gasteiger partial charge is 0.410 e. The summed E-state index contributed by atoms with van der Waals surface area (Å²) in [5.74, 6) is -0.0959. The van der Waals surface area contributed by atoms with E-state index in [4.69, 9.17) is 38.8 Å². The molecule has 150 valence electrons. The van der Waals surface area contributed by atoms with Gasteiger partial charge in [-0.15, -0.1) is 5.10 Å². The van der Waals surface area contributed by atoms with Crippen molar-refractivity contribution in [1.82, 2.24) is 14.8 Å². The van der Waals surface area contributed by atoms with Gasteiger partial charge in [-0.3, -0.25) is 15.1 Å². The van der Waals surface area contributed by atoms with Gasteiger partial charge in [-0.05, 0) is 46.3 Å². The van der Waals surface area contributed by atoms with Gasteiger partial charge in [0.05, 0.1) is 15.7 Å². The van der Waals surface area contributed by atoms with Crippen molar-refractivity contribution >= 4 is 56.7 Å². The molecule has 1 amide bonds. The Balaban J connectivity index is 2.03. The Morgan fingerprint density at radius 2 is 1.90 bits per heavy atom. The number of aromatic nitrogens is 3. The van der Waals surface area contributed by atoms with E-state index in [2.05, 4.69) is 21.0 Å². The Morgan fingerprint density at radius 3 is 2.48 bits per heavy atom. The topological polar surface area (TPSA) is 152 Å². The van der Waals surface area contributed by atoms with Crippen LogP contribution in [0.3, 0.4) is 0 Å². The number of H-pyrrole nitrogens is 1. The molecule has 3 rings (SSSR count). The average molecular weight is 503 g/mol. The van der Waals surface area contributed by atoms with Crippen LogP contribution in [0.2, 0.25) is 10.0 Å². The number of hydrogen-bond donors (Lipinski definition) is 4. The van der Waals surface area contributed by atoms with Crippen molar-refractivity contribution in [1.29, 1.82) is 0 Å². The van der Waals surface area contributed by atoms with Crippen LogP contribution in [0.25, 0.3) is 5.69 Å². The summed E-state index contributed by atoms with van der Waals surface area (Å²) in [7, 11) is 0. The number of nitrogens with zero attached hydrogens (tertiary/aromatic N) is 2. The van der Waals surface area contributed by atoms with Crippen molar-refractivity contribution < 1.29 is 14.6 Å². The molecule has 10 nitrogen and oxygen atoms in total. The van der Waals surface area contributed by atoms with Gasteiger partial charge in [-0.1, -0.05) is 23.2 Å². The molecule has 29 heavy (non-hydrogen) atoms. The van der Waals surface area contributed by atoms with E-state index >= 15 is 0 Å². The van der Waals surface area contributed by atoms with Gasteiger partial charge in [0.1, 0.15) is 5.75 Å². The van der Waals surface area contributed by atoms with E-state index in [-0.39, 0.29) is 21.5 Å². The number of amides is 1. The fraction of sp³-hybridized carbons (Fsp3) is 0. The molecule has 13 heteroatoms. The second kappa shape index (κ2) is 8.15. The third-order valence-electron chi connectivity index (χ3n) is 3.47. The molecule has 0 fully saturated rings. The number of ether oxygens (including phenoxy) is 1. The zero-order valence-corrected chi connectivity index (χ0v) is 17.2. The van der Waals surface area contributed by atoms with Crippen LogP contribution < -0.4 is 27.0 Å². The van der Waals surface area contributed by atoms with Gasteiger partial charge in [0.25, 0.3) is 5.56 Å². The fourth-order valence-corrected chi connectivity index (χ4v) is 3.12. The molecule has 0 aliphatic rings.